The highest BCUT2D eigenvalue weighted by molar-refractivity contribution is 5.35. The van der Waals surface area contributed by atoms with Crippen molar-refractivity contribution in [3.05, 3.63) is 35.4 Å². The van der Waals surface area contributed by atoms with Crippen molar-refractivity contribution in [2.45, 2.75) is 31.2 Å². The molecular weight excluding hydrogens is 226 g/mol. The van der Waals surface area contributed by atoms with Crippen LogP contribution < -0.4 is 0 Å². The van der Waals surface area contributed by atoms with E-state index in [2.05, 4.69) is 36.2 Å². The van der Waals surface area contributed by atoms with Gasteiger partial charge in [0.2, 0.25) is 0 Å². The van der Waals surface area contributed by atoms with Crippen LogP contribution in [0.3, 0.4) is 0 Å². The van der Waals surface area contributed by atoms with E-state index in [1.807, 2.05) is 0 Å². The third-order valence-electron chi connectivity index (χ3n) is 4.31. The van der Waals surface area contributed by atoms with Crippen molar-refractivity contribution in [2.75, 3.05) is 27.2 Å². The summed E-state index contributed by atoms with van der Waals surface area (Å²) in [4.78, 5) is 2.37. The third kappa shape index (κ3) is 1.96. The first-order valence-electron chi connectivity index (χ1n) is 6.71. The number of nitrogens with zero attached hydrogens (tertiary/aromatic N) is 1. The lowest BCUT2D eigenvalue weighted by atomic mass is 9.79. The molecule has 2 aliphatic heterocycles. The van der Waals surface area contributed by atoms with Gasteiger partial charge in [-0.25, -0.2) is 0 Å². The monoisotopic (exact) mass is 247 g/mol. The van der Waals surface area contributed by atoms with E-state index >= 15 is 0 Å². The molecule has 18 heavy (non-hydrogen) atoms. The summed E-state index contributed by atoms with van der Waals surface area (Å²) >= 11 is 0. The Morgan fingerprint density at radius 3 is 2.72 bits per heavy atom. The molecule has 2 aliphatic rings. The molecule has 0 saturated carbocycles. The standard InChI is InChI=1S/C15H21NO2/c1-16-9-7-15(8-10-16)13-6-4-3-5-12(13)11-14(17-2)18-15/h3-6,14H,7-11H2,1-2H3/t14-/m1/s1. The molecule has 1 atom stereocenters. The van der Waals surface area contributed by atoms with Crippen LogP contribution in [0.15, 0.2) is 24.3 Å². The molecule has 1 aromatic rings. The first kappa shape index (κ1) is 12.2. The van der Waals surface area contributed by atoms with Gasteiger partial charge < -0.3 is 14.4 Å². The van der Waals surface area contributed by atoms with E-state index in [0.717, 1.165) is 32.4 Å². The van der Waals surface area contributed by atoms with Crippen LogP contribution in [-0.2, 0) is 21.5 Å². The molecule has 1 saturated heterocycles. The third-order valence-corrected chi connectivity index (χ3v) is 4.31. The molecule has 0 amide bonds. The van der Waals surface area contributed by atoms with Gasteiger partial charge in [0.25, 0.3) is 0 Å². The topological polar surface area (TPSA) is 21.7 Å². The van der Waals surface area contributed by atoms with Crippen molar-refractivity contribution in [1.82, 2.24) is 4.90 Å². The van der Waals surface area contributed by atoms with E-state index in [0.29, 0.717) is 0 Å². The van der Waals surface area contributed by atoms with Crippen LogP contribution in [0.4, 0.5) is 0 Å². The van der Waals surface area contributed by atoms with Gasteiger partial charge in [0.05, 0.1) is 5.60 Å². The minimum absolute atomic E-state index is 0.0942. The van der Waals surface area contributed by atoms with Crippen LogP contribution in [0.1, 0.15) is 24.0 Å². The Labute approximate surface area is 109 Å². The van der Waals surface area contributed by atoms with Gasteiger partial charge in [-0.15, -0.1) is 0 Å². The van der Waals surface area contributed by atoms with Crippen LogP contribution in [0.25, 0.3) is 0 Å². The summed E-state index contributed by atoms with van der Waals surface area (Å²) in [5.41, 5.74) is 2.65. The summed E-state index contributed by atoms with van der Waals surface area (Å²) in [6.07, 6.45) is 2.88. The van der Waals surface area contributed by atoms with E-state index in [1.165, 1.54) is 11.1 Å². The molecule has 3 rings (SSSR count). The number of rotatable bonds is 1. The Balaban J connectivity index is 1.98. The fourth-order valence-electron chi connectivity index (χ4n) is 3.18. The molecule has 98 valence electrons. The molecule has 0 aliphatic carbocycles. The number of piperidine rings is 1. The molecule has 0 aromatic heterocycles. The molecule has 1 fully saturated rings. The lowest BCUT2D eigenvalue weighted by molar-refractivity contribution is -0.226. The van der Waals surface area contributed by atoms with E-state index in [9.17, 15) is 0 Å². The first-order valence-corrected chi connectivity index (χ1v) is 6.71. The van der Waals surface area contributed by atoms with Gasteiger partial charge in [-0.05, 0) is 31.0 Å². The maximum absolute atomic E-state index is 6.29. The Kier molecular flexibility index (Phi) is 3.14. The average molecular weight is 247 g/mol. The smallest absolute Gasteiger partial charge is 0.162 e. The zero-order valence-electron chi connectivity index (χ0n) is 11.2. The SMILES string of the molecule is CO[C@H]1Cc2ccccc2C2(CCN(C)CC2)O1. The lowest BCUT2D eigenvalue weighted by Gasteiger charge is -2.46. The summed E-state index contributed by atoms with van der Waals surface area (Å²) in [6.45, 7) is 2.18. The molecule has 0 radical (unpaired) electrons. The van der Waals surface area contributed by atoms with Crippen molar-refractivity contribution in [1.29, 1.82) is 0 Å². The van der Waals surface area contributed by atoms with E-state index in [1.54, 1.807) is 7.11 Å². The van der Waals surface area contributed by atoms with E-state index in [4.69, 9.17) is 9.47 Å². The van der Waals surface area contributed by atoms with Gasteiger partial charge in [0.1, 0.15) is 0 Å². The second kappa shape index (κ2) is 4.65. The number of benzene rings is 1. The molecule has 2 heterocycles. The zero-order valence-corrected chi connectivity index (χ0v) is 11.2. The fourth-order valence-corrected chi connectivity index (χ4v) is 3.18. The van der Waals surface area contributed by atoms with Gasteiger partial charge in [-0.3, -0.25) is 0 Å². The van der Waals surface area contributed by atoms with Gasteiger partial charge in [-0.1, -0.05) is 24.3 Å². The summed E-state index contributed by atoms with van der Waals surface area (Å²) in [7, 11) is 3.91. The normalized spacial score (nSPS) is 27.1. The van der Waals surface area contributed by atoms with Crippen molar-refractivity contribution < 1.29 is 9.47 Å². The minimum Gasteiger partial charge on any atom is -0.356 e. The van der Waals surface area contributed by atoms with Gasteiger partial charge in [0.15, 0.2) is 6.29 Å². The maximum Gasteiger partial charge on any atom is 0.162 e. The van der Waals surface area contributed by atoms with Crippen molar-refractivity contribution in [3.8, 4) is 0 Å². The first-order chi connectivity index (χ1) is 8.73. The second-order valence-electron chi connectivity index (χ2n) is 5.44. The highest BCUT2D eigenvalue weighted by Gasteiger charge is 2.43. The summed E-state index contributed by atoms with van der Waals surface area (Å²) in [5.74, 6) is 0. The maximum atomic E-state index is 6.29. The van der Waals surface area contributed by atoms with Crippen LogP contribution in [0, 0.1) is 0 Å². The Morgan fingerprint density at radius 2 is 2.00 bits per heavy atom. The van der Waals surface area contributed by atoms with Crippen LogP contribution in [-0.4, -0.2) is 38.4 Å². The molecule has 3 heteroatoms. The predicted molar refractivity (Wildman–Crippen MR) is 70.4 cm³/mol. The van der Waals surface area contributed by atoms with E-state index in [-0.39, 0.29) is 11.9 Å². The summed E-state index contributed by atoms with van der Waals surface area (Å²) in [5, 5.41) is 0. The van der Waals surface area contributed by atoms with Gasteiger partial charge >= 0.3 is 0 Å². The van der Waals surface area contributed by atoms with Crippen molar-refractivity contribution in [2.24, 2.45) is 0 Å². The minimum atomic E-state index is -0.123. The fraction of sp³-hybridized carbons (Fsp3) is 0.600. The number of methoxy groups -OCH3 is 1. The molecule has 1 aromatic carbocycles. The molecule has 1 spiro atoms. The van der Waals surface area contributed by atoms with Crippen LogP contribution in [0.2, 0.25) is 0 Å². The van der Waals surface area contributed by atoms with E-state index < -0.39 is 0 Å². The largest absolute Gasteiger partial charge is 0.356 e. The Hall–Kier alpha value is -0.900. The van der Waals surface area contributed by atoms with Crippen LogP contribution >= 0.6 is 0 Å². The highest BCUT2D eigenvalue weighted by atomic mass is 16.7. The molecule has 0 bridgehead atoms. The molecule has 3 nitrogen and oxygen atoms in total. The summed E-state index contributed by atoms with van der Waals surface area (Å²) in [6, 6.07) is 8.67. The quantitative estimate of drug-likeness (QED) is 0.759. The molecule has 0 N–H and O–H groups in total. The highest BCUT2D eigenvalue weighted by Crippen LogP contribution is 2.43. The average Bonchev–Trinajstić information content (AvgIpc) is 2.42. The van der Waals surface area contributed by atoms with Crippen molar-refractivity contribution >= 4 is 0 Å². The van der Waals surface area contributed by atoms with Gasteiger partial charge in [0, 0.05) is 26.6 Å². The van der Waals surface area contributed by atoms with Crippen LogP contribution in [0.5, 0.6) is 0 Å². The Morgan fingerprint density at radius 1 is 1.28 bits per heavy atom. The predicted octanol–water partition coefficient (Wildman–Crippen LogP) is 2.15. The Bertz CT molecular complexity index is 424. The molecule has 0 unspecified atom stereocenters. The number of hydrogen-bond acceptors (Lipinski definition) is 3. The lowest BCUT2D eigenvalue weighted by Crippen LogP contribution is -2.48. The zero-order chi connectivity index (χ0) is 12.6. The molecular formula is C15H21NO2. The summed E-state index contributed by atoms with van der Waals surface area (Å²) < 4.78 is 11.8. The second-order valence-corrected chi connectivity index (χ2v) is 5.44. The number of hydrogen-bond donors (Lipinski definition) is 0. The van der Waals surface area contributed by atoms with Gasteiger partial charge in [-0.2, -0.15) is 0 Å². The number of fused-ring (bicyclic) bond motifs is 2. The van der Waals surface area contributed by atoms with Crippen molar-refractivity contribution in [3.63, 3.8) is 0 Å². The number of ether oxygens (including phenoxy) is 2. The number of likely N-dealkylation sites (tertiary alicyclic amines) is 1.